The second-order valence-electron chi connectivity index (χ2n) is 9.62. The average Bonchev–Trinajstić information content (AvgIpc) is 3.56. The van der Waals surface area contributed by atoms with Gasteiger partial charge in [0.2, 0.25) is 11.8 Å². The molecule has 2 amide bonds. The summed E-state index contributed by atoms with van der Waals surface area (Å²) in [6.45, 7) is 0. The van der Waals surface area contributed by atoms with Crippen LogP contribution in [-0.2, 0) is 9.59 Å². The second kappa shape index (κ2) is 9.87. The zero-order valence-corrected chi connectivity index (χ0v) is 19.6. The van der Waals surface area contributed by atoms with Crippen molar-refractivity contribution < 1.29 is 14.4 Å². The fraction of sp³-hybridized carbons (Fsp3) is 0.300. The Morgan fingerprint density at radius 3 is 1.77 bits per heavy atom. The third-order valence-corrected chi connectivity index (χ3v) is 7.60. The molecule has 4 atom stereocenters. The largest absolute Gasteiger partial charge is 0.368 e. The molecule has 2 aliphatic rings. The number of carbonyl (C=O) groups is 3. The summed E-state index contributed by atoms with van der Waals surface area (Å²) < 4.78 is 0. The van der Waals surface area contributed by atoms with Gasteiger partial charge in [-0.25, -0.2) is 0 Å². The molecule has 4 unspecified atom stereocenters. The third-order valence-electron chi connectivity index (χ3n) is 7.60. The molecule has 1 heterocycles. The molecule has 0 radical (unpaired) electrons. The summed E-state index contributed by atoms with van der Waals surface area (Å²) in [7, 11) is 0. The van der Waals surface area contributed by atoms with E-state index in [1.807, 2.05) is 78.9 Å². The minimum atomic E-state index is -0.909. The minimum absolute atomic E-state index is 0.0653. The number of hydrogen-bond acceptors (Lipinski definition) is 3. The molecule has 1 aliphatic heterocycles. The number of primary amides is 1. The van der Waals surface area contributed by atoms with Gasteiger partial charge in [-0.1, -0.05) is 104 Å². The lowest BCUT2D eigenvalue weighted by Gasteiger charge is -2.33. The fourth-order valence-corrected chi connectivity index (χ4v) is 6.07. The molecule has 1 aliphatic carbocycles. The highest BCUT2D eigenvalue weighted by atomic mass is 16.2. The predicted molar refractivity (Wildman–Crippen MR) is 134 cm³/mol. The molecule has 35 heavy (non-hydrogen) atoms. The summed E-state index contributed by atoms with van der Waals surface area (Å²) in [5.74, 6) is -2.06. The highest BCUT2D eigenvalue weighted by molar-refractivity contribution is 6.02. The quantitative estimate of drug-likeness (QED) is 0.525. The van der Waals surface area contributed by atoms with Crippen LogP contribution in [0.1, 0.15) is 59.1 Å². The maximum atomic E-state index is 14.2. The maximum absolute atomic E-state index is 14.2. The molecule has 0 spiro atoms. The molecule has 3 aromatic carbocycles. The number of nitrogens with two attached hydrogens (primary N) is 1. The average molecular weight is 467 g/mol. The van der Waals surface area contributed by atoms with Crippen molar-refractivity contribution in [3.8, 4) is 0 Å². The van der Waals surface area contributed by atoms with Crippen LogP contribution in [0.5, 0.6) is 0 Å². The Balaban J connectivity index is 1.73. The van der Waals surface area contributed by atoms with E-state index in [4.69, 9.17) is 5.73 Å². The topological polar surface area (TPSA) is 80.5 Å². The normalized spacial score (nSPS) is 24.4. The first-order valence-corrected chi connectivity index (χ1v) is 12.4. The number of carbonyl (C=O) groups excluding carboxylic acids is 3. The van der Waals surface area contributed by atoms with Gasteiger partial charge in [-0.15, -0.1) is 0 Å². The number of rotatable bonds is 6. The molecule has 0 aromatic heterocycles. The van der Waals surface area contributed by atoms with Gasteiger partial charge >= 0.3 is 0 Å². The first-order valence-electron chi connectivity index (χ1n) is 12.4. The van der Waals surface area contributed by atoms with Gasteiger partial charge in [0.05, 0.1) is 12.0 Å². The highest BCUT2D eigenvalue weighted by Crippen LogP contribution is 2.52. The molecule has 5 nitrogen and oxygen atoms in total. The number of hydrogen-bond donors (Lipinski definition) is 1. The van der Waals surface area contributed by atoms with Crippen LogP contribution in [0.4, 0.5) is 0 Å². The van der Waals surface area contributed by atoms with Gasteiger partial charge < -0.3 is 10.6 Å². The van der Waals surface area contributed by atoms with Crippen molar-refractivity contribution in [1.29, 1.82) is 0 Å². The second-order valence-corrected chi connectivity index (χ2v) is 9.62. The van der Waals surface area contributed by atoms with Gasteiger partial charge in [0.15, 0.2) is 5.78 Å². The molecule has 2 N–H and O–H groups in total. The van der Waals surface area contributed by atoms with Crippen molar-refractivity contribution in [2.75, 3.05) is 0 Å². The highest BCUT2D eigenvalue weighted by Gasteiger charge is 2.57. The molecule has 1 saturated carbocycles. The summed E-state index contributed by atoms with van der Waals surface area (Å²) in [5, 5.41) is 0. The lowest BCUT2D eigenvalue weighted by molar-refractivity contribution is -0.143. The molecule has 5 rings (SSSR count). The van der Waals surface area contributed by atoms with E-state index in [-0.39, 0.29) is 17.6 Å². The van der Waals surface area contributed by atoms with E-state index in [2.05, 4.69) is 0 Å². The van der Waals surface area contributed by atoms with Gasteiger partial charge in [-0.05, 0) is 24.0 Å². The van der Waals surface area contributed by atoms with E-state index in [1.165, 1.54) is 0 Å². The molecule has 5 heteroatoms. The van der Waals surface area contributed by atoms with E-state index >= 15 is 0 Å². The summed E-state index contributed by atoms with van der Waals surface area (Å²) in [6, 6.07) is 26.8. The molecule has 1 saturated heterocycles. The van der Waals surface area contributed by atoms with Crippen LogP contribution in [0.3, 0.4) is 0 Å². The Morgan fingerprint density at radius 2 is 1.23 bits per heavy atom. The lowest BCUT2D eigenvalue weighted by atomic mass is 9.76. The van der Waals surface area contributed by atoms with E-state index in [9.17, 15) is 14.4 Å². The number of ketones is 1. The van der Waals surface area contributed by atoms with Crippen LogP contribution in [0.2, 0.25) is 0 Å². The number of likely N-dealkylation sites (tertiary alicyclic amines) is 1. The number of nitrogens with zero attached hydrogens (tertiary/aromatic N) is 1. The van der Waals surface area contributed by atoms with Crippen LogP contribution < -0.4 is 5.73 Å². The minimum Gasteiger partial charge on any atom is -0.368 e. The monoisotopic (exact) mass is 466 g/mol. The van der Waals surface area contributed by atoms with E-state index in [0.717, 1.165) is 36.8 Å². The first-order chi connectivity index (χ1) is 17.1. The van der Waals surface area contributed by atoms with Crippen molar-refractivity contribution in [2.24, 2.45) is 17.6 Å². The molecule has 3 aromatic rings. The Kier molecular flexibility index (Phi) is 6.49. The Bertz CT molecular complexity index is 1190. The Labute approximate surface area is 205 Å². The number of Topliss-reactive ketones (excluding diaryl/α,β-unsaturated/α-hetero) is 1. The number of benzene rings is 3. The standard InChI is InChI=1S/C30H30N2O3/c31-29(34)27-24(20-12-4-1-5-13-20)25(28(33)22-16-8-3-9-17-22)26(21-14-6-2-7-15-21)32(27)30(35)23-18-10-11-19-23/h1-9,12-17,23-27H,10-11,18-19H2,(H2,31,34). The third kappa shape index (κ3) is 4.27. The Hall–Kier alpha value is -3.73. The first kappa shape index (κ1) is 23.0. The molecular weight excluding hydrogens is 436 g/mol. The Morgan fingerprint density at radius 1 is 0.714 bits per heavy atom. The van der Waals surface area contributed by atoms with Gasteiger partial charge in [-0.2, -0.15) is 0 Å². The van der Waals surface area contributed by atoms with Crippen molar-refractivity contribution in [1.82, 2.24) is 4.90 Å². The predicted octanol–water partition coefficient (Wildman–Crippen LogP) is 4.90. The lowest BCUT2D eigenvalue weighted by Crippen LogP contribution is -2.48. The van der Waals surface area contributed by atoms with Crippen LogP contribution in [0.25, 0.3) is 0 Å². The zero-order chi connectivity index (χ0) is 24.4. The molecule has 2 fully saturated rings. The molecule has 0 bridgehead atoms. The van der Waals surface area contributed by atoms with Crippen LogP contribution >= 0.6 is 0 Å². The van der Waals surface area contributed by atoms with Crippen LogP contribution in [0.15, 0.2) is 91.0 Å². The summed E-state index contributed by atoms with van der Waals surface area (Å²) in [6.07, 6.45) is 3.59. The van der Waals surface area contributed by atoms with Gasteiger partial charge in [0.1, 0.15) is 6.04 Å². The van der Waals surface area contributed by atoms with Crippen molar-refractivity contribution >= 4 is 17.6 Å². The van der Waals surface area contributed by atoms with Crippen LogP contribution in [-0.4, -0.2) is 28.5 Å². The summed E-state index contributed by atoms with van der Waals surface area (Å²) >= 11 is 0. The van der Waals surface area contributed by atoms with Crippen LogP contribution in [0, 0.1) is 11.8 Å². The van der Waals surface area contributed by atoms with Gasteiger partial charge in [0.25, 0.3) is 0 Å². The zero-order valence-electron chi connectivity index (χ0n) is 19.6. The number of amides is 2. The van der Waals surface area contributed by atoms with Gasteiger partial charge in [0, 0.05) is 17.4 Å². The van der Waals surface area contributed by atoms with E-state index < -0.39 is 29.8 Å². The van der Waals surface area contributed by atoms with E-state index in [1.54, 1.807) is 17.0 Å². The van der Waals surface area contributed by atoms with E-state index in [0.29, 0.717) is 5.56 Å². The van der Waals surface area contributed by atoms with Crippen molar-refractivity contribution in [2.45, 2.75) is 43.7 Å². The summed E-state index contributed by atoms with van der Waals surface area (Å²) in [4.78, 5) is 43.0. The SMILES string of the molecule is NC(=O)C1C(c2ccccc2)C(C(=O)c2ccccc2)C(c2ccccc2)N1C(=O)C1CCCC1. The fourth-order valence-electron chi connectivity index (χ4n) is 6.07. The van der Waals surface area contributed by atoms with Gasteiger partial charge in [-0.3, -0.25) is 14.4 Å². The smallest absolute Gasteiger partial charge is 0.240 e. The molecule has 178 valence electrons. The van der Waals surface area contributed by atoms with Crippen molar-refractivity contribution in [3.63, 3.8) is 0 Å². The molecular formula is C30H30N2O3. The maximum Gasteiger partial charge on any atom is 0.240 e. The summed E-state index contributed by atoms with van der Waals surface area (Å²) in [5.41, 5.74) is 8.30. The van der Waals surface area contributed by atoms with Crippen molar-refractivity contribution in [3.05, 3.63) is 108 Å².